The van der Waals surface area contributed by atoms with Gasteiger partial charge in [0.15, 0.2) is 0 Å². The summed E-state index contributed by atoms with van der Waals surface area (Å²) in [5, 5.41) is 0. The molecule has 0 unspecified atom stereocenters. The van der Waals surface area contributed by atoms with Crippen molar-refractivity contribution < 1.29 is 0 Å². The van der Waals surface area contributed by atoms with Crippen molar-refractivity contribution in [3.63, 3.8) is 0 Å². The van der Waals surface area contributed by atoms with Crippen molar-refractivity contribution in [1.29, 1.82) is 0 Å². The van der Waals surface area contributed by atoms with E-state index in [0.29, 0.717) is 5.92 Å². The Hall–Kier alpha value is -0.990. The molecule has 2 rings (SSSR count). The fraction of sp³-hybridized carbons (Fsp3) is 0.727. The number of hydrogen-bond donors (Lipinski definition) is 1. The number of hydrogen-bond acceptors (Lipinski definition) is 2. The molecule has 3 heteroatoms. The van der Waals surface area contributed by atoms with Crippen LogP contribution in [0.5, 0.6) is 0 Å². The zero-order valence-corrected chi connectivity index (χ0v) is 9.08. The van der Waals surface area contributed by atoms with Gasteiger partial charge in [0.05, 0.1) is 5.69 Å². The van der Waals surface area contributed by atoms with Crippen LogP contribution in [0.15, 0.2) is 0 Å². The maximum Gasteiger partial charge on any atom is 0.126 e. The maximum atomic E-state index is 5.98. The molecule has 0 spiro atoms. The summed E-state index contributed by atoms with van der Waals surface area (Å²) in [6.45, 7) is 2.11. The normalized spacial score (nSPS) is 17.9. The minimum atomic E-state index is 0.655. The highest BCUT2D eigenvalue weighted by molar-refractivity contribution is 5.38. The van der Waals surface area contributed by atoms with Gasteiger partial charge in [-0.05, 0) is 19.3 Å². The molecule has 1 heterocycles. The maximum absolute atomic E-state index is 5.98. The van der Waals surface area contributed by atoms with Crippen LogP contribution >= 0.6 is 0 Å². The van der Waals surface area contributed by atoms with Gasteiger partial charge in [-0.2, -0.15) is 0 Å². The van der Waals surface area contributed by atoms with Gasteiger partial charge in [-0.1, -0.05) is 19.8 Å². The Labute approximate surface area is 85.3 Å². The second kappa shape index (κ2) is 3.64. The number of rotatable bonds is 2. The lowest BCUT2D eigenvalue weighted by Gasteiger charge is -2.08. The summed E-state index contributed by atoms with van der Waals surface area (Å²) in [5.74, 6) is 2.72. The van der Waals surface area contributed by atoms with Crippen molar-refractivity contribution in [2.75, 3.05) is 5.73 Å². The van der Waals surface area contributed by atoms with E-state index in [1.165, 1.54) is 31.5 Å². The molecule has 0 radical (unpaired) electrons. The molecule has 0 bridgehead atoms. The van der Waals surface area contributed by atoms with Gasteiger partial charge in [-0.3, -0.25) is 0 Å². The summed E-state index contributed by atoms with van der Waals surface area (Å²) in [5.41, 5.74) is 7.05. The molecular weight excluding hydrogens is 174 g/mol. The van der Waals surface area contributed by atoms with Crippen molar-refractivity contribution in [3.05, 3.63) is 11.5 Å². The minimum absolute atomic E-state index is 0.655. The Morgan fingerprint density at radius 3 is 2.57 bits per heavy atom. The Morgan fingerprint density at radius 1 is 1.43 bits per heavy atom. The average molecular weight is 193 g/mol. The first-order valence-corrected chi connectivity index (χ1v) is 5.55. The van der Waals surface area contributed by atoms with Gasteiger partial charge in [0.2, 0.25) is 0 Å². The molecule has 0 saturated heterocycles. The van der Waals surface area contributed by atoms with Gasteiger partial charge in [0.1, 0.15) is 11.6 Å². The average Bonchev–Trinajstić information content (AvgIpc) is 2.78. The molecule has 1 aliphatic rings. The standard InChI is InChI=1S/C11H19N3/c1-3-9-10(12)14(2)11(13-9)8-6-4-5-7-8/h8H,3-7,12H2,1-2H3. The van der Waals surface area contributed by atoms with Gasteiger partial charge >= 0.3 is 0 Å². The largest absolute Gasteiger partial charge is 0.384 e. The van der Waals surface area contributed by atoms with Crippen LogP contribution in [0.25, 0.3) is 0 Å². The zero-order chi connectivity index (χ0) is 10.1. The van der Waals surface area contributed by atoms with Crippen molar-refractivity contribution in [1.82, 2.24) is 9.55 Å². The highest BCUT2D eigenvalue weighted by Crippen LogP contribution is 2.34. The molecule has 1 aromatic heterocycles. The number of nitrogens with two attached hydrogens (primary N) is 1. The van der Waals surface area contributed by atoms with E-state index >= 15 is 0 Å². The summed E-state index contributed by atoms with van der Waals surface area (Å²) in [6, 6.07) is 0. The number of nitrogens with zero attached hydrogens (tertiary/aromatic N) is 2. The molecule has 3 nitrogen and oxygen atoms in total. The monoisotopic (exact) mass is 193 g/mol. The minimum Gasteiger partial charge on any atom is -0.384 e. The number of nitrogen functional groups attached to an aromatic ring is 1. The third kappa shape index (κ3) is 1.41. The van der Waals surface area contributed by atoms with E-state index in [1.54, 1.807) is 0 Å². The van der Waals surface area contributed by atoms with Crippen LogP contribution in [0, 0.1) is 0 Å². The third-order valence-electron chi connectivity index (χ3n) is 3.31. The third-order valence-corrected chi connectivity index (χ3v) is 3.31. The van der Waals surface area contributed by atoms with Crippen molar-refractivity contribution in [3.8, 4) is 0 Å². The van der Waals surface area contributed by atoms with E-state index in [9.17, 15) is 0 Å². The smallest absolute Gasteiger partial charge is 0.126 e. The predicted octanol–water partition coefficient (Wildman–Crippen LogP) is 2.22. The van der Waals surface area contributed by atoms with Crippen LogP contribution in [0.4, 0.5) is 5.82 Å². The summed E-state index contributed by atoms with van der Waals surface area (Å²) >= 11 is 0. The summed E-state index contributed by atoms with van der Waals surface area (Å²) in [4.78, 5) is 4.65. The van der Waals surface area contributed by atoms with Gasteiger partial charge < -0.3 is 10.3 Å². The molecule has 0 amide bonds. The highest BCUT2D eigenvalue weighted by atomic mass is 15.1. The van der Waals surface area contributed by atoms with E-state index in [2.05, 4.69) is 16.5 Å². The first-order valence-electron chi connectivity index (χ1n) is 5.55. The summed E-state index contributed by atoms with van der Waals surface area (Å²) in [6.07, 6.45) is 6.20. The molecule has 2 N–H and O–H groups in total. The summed E-state index contributed by atoms with van der Waals surface area (Å²) in [7, 11) is 2.04. The quantitative estimate of drug-likeness (QED) is 0.782. The van der Waals surface area contributed by atoms with Gasteiger partial charge in [-0.15, -0.1) is 0 Å². The van der Waals surface area contributed by atoms with Crippen LogP contribution in [-0.4, -0.2) is 9.55 Å². The van der Waals surface area contributed by atoms with E-state index in [-0.39, 0.29) is 0 Å². The Balaban J connectivity index is 2.32. The predicted molar refractivity (Wildman–Crippen MR) is 58.2 cm³/mol. The van der Waals surface area contributed by atoms with Gasteiger partial charge in [0, 0.05) is 13.0 Å². The molecular formula is C11H19N3. The van der Waals surface area contributed by atoms with Crippen molar-refractivity contribution >= 4 is 5.82 Å². The lowest BCUT2D eigenvalue weighted by molar-refractivity contribution is 0.634. The zero-order valence-electron chi connectivity index (χ0n) is 9.08. The molecule has 1 fully saturated rings. The van der Waals surface area contributed by atoms with Crippen LogP contribution in [0.1, 0.15) is 50.0 Å². The first-order chi connectivity index (χ1) is 6.74. The fourth-order valence-electron chi connectivity index (χ4n) is 2.40. The SMILES string of the molecule is CCc1nc(C2CCCC2)n(C)c1N. The fourth-order valence-corrected chi connectivity index (χ4v) is 2.40. The first kappa shape index (κ1) is 9.56. The number of aryl methyl sites for hydroxylation is 1. The highest BCUT2D eigenvalue weighted by Gasteiger charge is 2.23. The molecule has 0 aromatic carbocycles. The van der Waals surface area contributed by atoms with Crippen LogP contribution in [0.3, 0.4) is 0 Å². The lowest BCUT2D eigenvalue weighted by Crippen LogP contribution is -2.05. The molecule has 1 saturated carbocycles. The van der Waals surface area contributed by atoms with E-state index in [1.807, 2.05) is 7.05 Å². The number of imidazole rings is 1. The molecule has 0 atom stereocenters. The van der Waals surface area contributed by atoms with Gasteiger partial charge in [-0.25, -0.2) is 4.98 Å². The van der Waals surface area contributed by atoms with Crippen LogP contribution in [-0.2, 0) is 13.5 Å². The van der Waals surface area contributed by atoms with Crippen LogP contribution < -0.4 is 5.73 Å². The van der Waals surface area contributed by atoms with E-state index in [4.69, 9.17) is 5.73 Å². The molecule has 14 heavy (non-hydrogen) atoms. The molecule has 1 aromatic rings. The Bertz CT molecular complexity index is 322. The Morgan fingerprint density at radius 2 is 2.07 bits per heavy atom. The topological polar surface area (TPSA) is 43.8 Å². The molecule has 1 aliphatic carbocycles. The number of anilines is 1. The second-order valence-electron chi connectivity index (χ2n) is 4.20. The second-order valence-corrected chi connectivity index (χ2v) is 4.20. The van der Waals surface area contributed by atoms with Gasteiger partial charge in [0.25, 0.3) is 0 Å². The summed E-state index contributed by atoms with van der Waals surface area (Å²) < 4.78 is 2.08. The van der Waals surface area contributed by atoms with E-state index < -0.39 is 0 Å². The molecule has 78 valence electrons. The Kier molecular flexibility index (Phi) is 2.48. The van der Waals surface area contributed by atoms with Crippen molar-refractivity contribution in [2.45, 2.75) is 44.9 Å². The van der Waals surface area contributed by atoms with Crippen molar-refractivity contribution in [2.24, 2.45) is 7.05 Å². The lowest BCUT2D eigenvalue weighted by atomic mass is 10.1. The number of aromatic nitrogens is 2. The van der Waals surface area contributed by atoms with Crippen LogP contribution in [0.2, 0.25) is 0 Å². The van der Waals surface area contributed by atoms with E-state index in [0.717, 1.165) is 17.9 Å². The molecule has 0 aliphatic heterocycles.